The lowest BCUT2D eigenvalue weighted by atomic mass is 10.1. The third kappa shape index (κ3) is 6.35. The second-order valence-corrected chi connectivity index (χ2v) is 8.01. The summed E-state index contributed by atoms with van der Waals surface area (Å²) in [4.78, 5) is 29.1. The van der Waals surface area contributed by atoms with Crippen molar-refractivity contribution in [2.24, 2.45) is 0 Å². The van der Waals surface area contributed by atoms with Crippen LogP contribution < -0.4 is 15.0 Å². The van der Waals surface area contributed by atoms with E-state index in [2.05, 4.69) is 22.3 Å². The minimum absolute atomic E-state index is 0.0800. The molecule has 4 rings (SSSR count). The second kappa shape index (κ2) is 11.2. The number of amides is 2. The Hall–Kier alpha value is -3.80. The highest BCUT2D eigenvalue weighted by molar-refractivity contribution is 5.94. The van der Waals surface area contributed by atoms with E-state index in [1.165, 1.54) is 5.69 Å². The summed E-state index contributed by atoms with van der Waals surface area (Å²) < 4.78 is 5.73. The van der Waals surface area contributed by atoms with Crippen molar-refractivity contribution in [1.82, 2.24) is 10.2 Å². The molecule has 0 radical (unpaired) electrons. The molecule has 0 aliphatic carbocycles. The zero-order valence-corrected chi connectivity index (χ0v) is 18.7. The van der Waals surface area contributed by atoms with Gasteiger partial charge in [-0.25, -0.2) is 0 Å². The van der Waals surface area contributed by atoms with E-state index >= 15 is 0 Å². The van der Waals surface area contributed by atoms with Crippen LogP contribution in [0.3, 0.4) is 0 Å². The molecule has 0 saturated carbocycles. The van der Waals surface area contributed by atoms with Crippen molar-refractivity contribution in [2.45, 2.75) is 13.0 Å². The molecule has 6 nitrogen and oxygen atoms in total. The summed E-state index contributed by atoms with van der Waals surface area (Å²) in [5.41, 5.74) is 2.75. The fraction of sp³-hybridized carbons (Fsp3) is 0.259. The molecule has 3 aromatic rings. The van der Waals surface area contributed by atoms with Gasteiger partial charge in [0.1, 0.15) is 12.4 Å². The van der Waals surface area contributed by atoms with E-state index in [1.807, 2.05) is 65.6 Å². The number of rotatable bonds is 8. The van der Waals surface area contributed by atoms with Crippen LogP contribution in [0.15, 0.2) is 84.9 Å². The van der Waals surface area contributed by atoms with Crippen molar-refractivity contribution < 1.29 is 14.3 Å². The van der Waals surface area contributed by atoms with Crippen LogP contribution in [0.2, 0.25) is 0 Å². The molecule has 0 unspecified atom stereocenters. The van der Waals surface area contributed by atoms with Crippen molar-refractivity contribution in [1.29, 1.82) is 0 Å². The van der Waals surface area contributed by atoms with E-state index in [9.17, 15) is 9.59 Å². The van der Waals surface area contributed by atoms with Crippen LogP contribution in [0, 0.1) is 0 Å². The summed E-state index contributed by atoms with van der Waals surface area (Å²) in [6.07, 6.45) is 0.306. The van der Waals surface area contributed by atoms with Crippen LogP contribution in [-0.4, -0.2) is 49.4 Å². The molecule has 170 valence electrons. The Kier molecular flexibility index (Phi) is 7.59. The predicted octanol–water partition coefficient (Wildman–Crippen LogP) is 3.73. The number of carbonyl (C=O) groups is 2. The van der Waals surface area contributed by atoms with E-state index in [0.717, 1.165) is 24.4 Å². The summed E-state index contributed by atoms with van der Waals surface area (Å²) >= 11 is 0. The molecule has 1 aliphatic rings. The zero-order valence-electron chi connectivity index (χ0n) is 18.7. The van der Waals surface area contributed by atoms with Gasteiger partial charge < -0.3 is 19.9 Å². The number of hydrogen-bond donors (Lipinski definition) is 1. The zero-order chi connectivity index (χ0) is 22.9. The number of carbonyl (C=O) groups excluding carboxylic acids is 2. The topological polar surface area (TPSA) is 61.9 Å². The third-order valence-electron chi connectivity index (χ3n) is 5.74. The minimum atomic E-state index is -0.174. The van der Waals surface area contributed by atoms with Crippen LogP contribution in [0.25, 0.3) is 0 Å². The Morgan fingerprint density at radius 1 is 0.788 bits per heavy atom. The summed E-state index contributed by atoms with van der Waals surface area (Å²) in [5, 5.41) is 2.85. The van der Waals surface area contributed by atoms with Crippen LogP contribution in [0.1, 0.15) is 22.3 Å². The van der Waals surface area contributed by atoms with Crippen LogP contribution in [-0.2, 0) is 11.4 Å². The molecule has 0 bridgehead atoms. The van der Waals surface area contributed by atoms with Crippen molar-refractivity contribution in [3.05, 3.63) is 96.1 Å². The molecule has 1 aliphatic heterocycles. The van der Waals surface area contributed by atoms with Gasteiger partial charge in [0.2, 0.25) is 5.91 Å². The quantitative estimate of drug-likeness (QED) is 0.576. The Labute approximate surface area is 194 Å². The highest BCUT2D eigenvalue weighted by Gasteiger charge is 2.21. The van der Waals surface area contributed by atoms with Crippen molar-refractivity contribution in [3.63, 3.8) is 0 Å². The lowest BCUT2D eigenvalue weighted by Gasteiger charge is -2.36. The Morgan fingerprint density at radius 2 is 1.42 bits per heavy atom. The Morgan fingerprint density at radius 3 is 2.09 bits per heavy atom. The molecule has 33 heavy (non-hydrogen) atoms. The number of piperazine rings is 1. The maximum Gasteiger partial charge on any atom is 0.251 e. The van der Waals surface area contributed by atoms with Gasteiger partial charge in [-0.2, -0.15) is 0 Å². The maximum atomic E-state index is 12.5. The maximum absolute atomic E-state index is 12.5. The number of nitrogens with one attached hydrogen (secondary N) is 1. The standard InChI is InChI=1S/C27H29N3O3/c31-26(30-19-17-29(18-20-30)24-7-3-1-4-8-24)15-16-28-27(32)23-13-11-22(12-14-23)21-33-25-9-5-2-6-10-25/h1-14H,15-21H2,(H,28,32). The van der Waals surface area contributed by atoms with E-state index in [0.29, 0.717) is 38.2 Å². The molecule has 1 heterocycles. The molecule has 2 amide bonds. The van der Waals surface area contributed by atoms with Crippen LogP contribution in [0.5, 0.6) is 5.75 Å². The van der Waals surface area contributed by atoms with E-state index < -0.39 is 0 Å². The fourth-order valence-corrected chi connectivity index (χ4v) is 3.83. The lowest BCUT2D eigenvalue weighted by Crippen LogP contribution is -2.49. The smallest absolute Gasteiger partial charge is 0.251 e. The average Bonchev–Trinajstić information content (AvgIpc) is 2.89. The van der Waals surface area contributed by atoms with Gasteiger partial charge in [0.25, 0.3) is 5.91 Å². The molecular formula is C27H29N3O3. The second-order valence-electron chi connectivity index (χ2n) is 8.01. The Bertz CT molecular complexity index is 1030. The molecule has 0 spiro atoms. The summed E-state index contributed by atoms with van der Waals surface area (Å²) in [7, 11) is 0. The minimum Gasteiger partial charge on any atom is -0.489 e. The highest BCUT2D eigenvalue weighted by Crippen LogP contribution is 2.16. The molecule has 1 N–H and O–H groups in total. The number of nitrogens with zero attached hydrogens (tertiary/aromatic N) is 2. The average molecular weight is 444 g/mol. The Balaban J connectivity index is 1.16. The largest absolute Gasteiger partial charge is 0.489 e. The molecule has 0 atom stereocenters. The molecular weight excluding hydrogens is 414 g/mol. The fourth-order valence-electron chi connectivity index (χ4n) is 3.83. The summed E-state index contributed by atoms with van der Waals surface area (Å²) in [6.45, 7) is 3.82. The van der Waals surface area contributed by atoms with Gasteiger partial charge in [0, 0.05) is 50.4 Å². The van der Waals surface area contributed by atoms with Gasteiger partial charge in [-0.15, -0.1) is 0 Å². The first-order valence-electron chi connectivity index (χ1n) is 11.3. The molecule has 1 saturated heterocycles. The van der Waals surface area contributed by atoms with Crippen molar-refractivity contribution >= 4 is 17.5 Å². The van der Waals surface area contributed by atoms with Gasteiger partial charge in [-0.05, 0) is 42.0 Å². The van der Waals surface area contributed by atoms with Crippen LogP contribution in [0.4, 0.5) is 5.69 Å². The molecule has 0 aromatic heterocycles. The first kappa shape index (κ1) is 22.4. The SMILES string of the molecule is O=C(NCCC(=O)N1CCN(c2ccccc2)CC1)c1ccc(COc2ccccc2)cc1. The number of para-hydroxylation sites is 2. The number of ether oxygens (including phenoxy) is 1. The predicted molar refractivity (Wildman–Crippen MR) is 129 cm³/mol. The normalized spacial score (nSPS) is 13.5. The lowest BCUT2D eigenvalue weighted by molar-refractivity contribution is -0.131. The third-order valence-corrected chi connectivity index (χ3v) is 5.74. The number of hydrogen-bond acceptors (Lipinski definition) is 4. The van der Waals surface area contributed by atoms with Gasteiger partial charge in [-0.3, -0.25) is 9.59 Å². The van der Waals surface area contributed by atoms with Crippen molar-refractivity contribution in [3.8, 4) is 5.75 Å². The monoisotopic (exact) mass is 443 g/mol. The summed E-state index contributed by atoms with van der Waals surface area (Å²) in [5.74, 6) is 0.717. The van der Waals surface area contributed by atoms with E-state index in [4.69, 9.17) is 4.74 Å². The molecule has 6 heteroatoms. The first-order valence-corrected chi connectivity index (χ1v) is 11.3. The van der Waals surface area contributed by atoms with Crippen LogP contribution >= 0.6 is 0 Å². The number of anilines is 1. The molecule has 1 fully saturated rings. The molecule has 3 aromatic carbocycles. The van der Waals surface area contributed by atoms with Gasteiger partial charge >= 0.3 is 0 Å². The van der Waals surface area contributed by atoms with E-state index in [1.54, 1.807) is 12.1 Å². The summed E-state index contributed by atoms with van der Waals surface area (Å²) in [6, 6.07) is 27.2. The van der Waals surface area contributed by atoms with Gasteiger partial charge in [-0.1, -0.05) is 48.5 Å². The van der Waals surface area contributed by atoms with E-state index in [-0.39, 0.29) is 11.8 Å². The number of benzene rings is 3. The van der Waals surface area contributed by atoms with Gasteiger partial charge in [0.15, 0.2) is 0 Å². The highest BCUT2D eigenvalue weighted by atomic mass is 16.5. The van der Waals surface area contributed by atoms with Crippen molar-refractivity contribution in [2.75, 3.05) is 37.6 Å². The first-order chi connectivity index (χ1) is 16.2. The van der Waals surface area contributed by atoms with Gasteiger partial charge in [0.05, 0.1) is 0 Å².